The molecule has 3 heteroatoms. The first-order chi connectivity index (χ1) is 5.77. The first-order valence-electron chi connectivity index (χ1n) is 4.73. The zero-order chi connectivity index (χ0) is 8.97. The third kappa shape index (κ3) is 2.44. The molecule has 3 nitrogen and oxygen atoms in total. The van der Waals surface area contributed by atoms with Crippen molar-refractivity contribution in [2.75, 3.05) is 13.7 Å². The van der Waals surface area contributed by atoms with E-state index in [1.807, 2.05) is 0 Å². The molecule has 1 saturated carbocycles. The quantitative estimate of drug-likeness (QED) is 0.489. The van der Waals surface area contributed by atoms with Gasteiger partial charge in [-0.25, -0.2) is 0 Å². The molecule has 72 valence electrons. The Bertz CT molecular complexity index is 128. The lowest BCUT2D eigenvalue weighted by Crippen LogP contribution is -2.43. The topological polar surface area (TPSA) is 47.3 Å². The molecule has 0 spiro atoms. The molecular weight excluding hydrogens is 152 g/mol. The number of rotatable bonds is 4. The van der Waals surface area contributed by atoms with Crippen LogP contribution in [0, 0.1) is 11.8 Å². The molecule has 1 aliphatic rings. The van der Waals surface area contributed by atoms with Crippen molar-refractivity contribution >= 4 is 0 Å². The molecule has 0 heterocycles. The second kappa shape index (κ2) is 4.80. The molecule has 1 aliphatic carbocycles. The van der Waals surface area contributed by atoms with Crippen LogP contribution < -0.4 is 11.3 Å². The van der Waals surface area contributed by atoms with Gasteiger partial charge >= 0.3 is 0 Å². The van der Waals surface area contributed by atoms with Crippen molar-refractivity contribution in [2.24, 2.45) is 17.7 Å². The maximum absolute atomic E-state index is 5.45. The summed E-state index contributed by atoms with van der Waals surface area (Å²) >= 11 is 0. The lowest BCUT2D eigenvalue weighted by Gasteiger charge is -2.21. The molecule has 0 bridgehead atoms. The van der Waals surface area contributed by atoms with Crippen molar-refractivity contribution in [3.05, 3.63) is 0 Å². The minimum atomic E-state index is 0.347. The van der Waals surface area contributed by atoms with Crippen LogP contribution in [0.4, 0.5) is 0 Å². The van der Waals surface area contributed by atoms with Crippen LogP contribution in [0.2, 0.25) is 0 Å². The number of methoxy groups -OCH3 is 1. The fourth-order valence-electron chi connectivity index (χ4n) is 2.12. The molecule has 12 heavy (non-hydrogen) atoms. The molecule has 0 amide bonds. The minimum Gasteiger partial charge on any atom is -0.383 e. The van der Waals surface area contributed by atoms with E-state index in [4.69, 9.17) is 10.6 Å². The van der Waals surface area contributed by atoms with Gasteiger partial charge in [0, 0.05) is 13.2 Å². The SMILES string of the molecule is COCC(NN)C1CCC(C)C1. The van der Waals surface area contributed by atoms with Gasteiger partial charge in [0.25, 0.3) is 0 Å². The lowest BCUT2D eigenvalue weighted by molar-refractivity contribution is 0.139. The van der Waals surface area contributed by atoms with Crippen LogP contribution in [0.15, 0.2) is 0 Å². The molecule has 3 atom stereocenters. The summed E-state index contributed by atoms with van der Waals surface area (Å²) in [5.41, 5.74) is 2.84. The smallest absolute Gasteiger partial charge is 0.0632 e. The third-order valence-electron chi connectivity index (χ3n) is 2.86. The van der Waals surface area contributed by atoms with Gasteiger partial charge in [-0.05, 0) is 24.7 Å². The second-order valence-electron chi connectivity index (χ2n) is 3.91. The first kappa shape index (κ1) is 9.96. The number of hydrazine groups is 1. The van der Waals surface area contributed by atoms with Gasteiger partial charge in [-0.3, -0.25) is 11.3 Å². The first-order valence-corrected chi connectivity index (χ1v) is 4.73. The molecular formula is C9H20N2O. The predicted octanol–water partition coefficient (Wildman–Crippen LogP) is 0.901. The number of hydrogen-bond acceptors (Lipinski definition) is 3. The summed E-state index contributed by atoms with van der Waals surface area (Å²) in [6.45, 7) is 3.04. The zero-order valence-corrected chi connectivity index (χ0v) is 8.05. The monoisotopic (exact) mass is 172 g/mol. The summed E-state index contributed by atoms with van der Waals surface area (Å²) in [4.78, 5) is 0. The van der Waals surface area contributed by atoms with Crippen molar-refractivity contribution < 1.29 is 4.74 Å². The van der Waals surface area contributed by atoms with Gasteiger partial charge in [-0.15, -0.1) is 0 Å². The number of nitrogens with two attached hydrogens (primary N) is 1. The number of hydrogen-bond donors (Lipinski definition) is 2. The van der Waals surface area contributed by atoms with Crippen molar-refractivity contribution in [1.29, 1.82) is 0 Å². The summed E-state index contributed by atoms with van der Waals surface area (Å²) in [5.74, 6) is 7.03. The Morgan fingerprint density at radius 3 is 2.75 bits per heavy atom. The second-order valence-corrected chi connectivity index (χ2v) is 3.91. The van der Waals surface area contributed by atoms with E-state index in [0.29, 0.717) is 12.0 Å². The van der Waals surface area contributed by atoms with Gasteiger partial charge in [0.15, 0.2) is 0 Å². The van der Waals surface area contributed by atoms with Crippen LogP contribution in [0.3, 0.4) is 0 Å². The lowest BCUT2D eigenvalue weighted by atomic mass is 9.98. The molecule has 0 aromatic heterocycles. The number of ether oxygens (including phenoxy) is 1. The predicted molar refractivity (Wildman–Crippen MR) is 49.5 cm³/mol. The largest absolute Gasteiger partial charge is 0.383 e. The van der Waals surface area contributed by atoms with Crippen molar-refractivity contribution in [2.45, 2.75) is 32.2 Å². The van der Waals surface area contributed by atoms with Crippen molar-refractivity contribution in [3.8, 4) is 0 Å². The average Bonchev–Trinajstić information content (AvgIpc) is 2.47. The van der Waals surface area contributed by atoms with Crippen LogP contribution in [0.1, 0.15) is 26.2 Å². The Hall–Kier alpha value is -0.120. The fraction of sp³-hybridized carbons (Fsp3) is 1.00. The van der Waals surface area contributed by atoms with Crippen molar-refractivity contribution in [1.82, 2.24) is 5.43 Å². The van der Waals surface area contributed by atoms with E-state index in [9.17, 15) is 0 Å². The van der Waals surface area contributed by atoms with E-state index in [0.717, 1.165) is 12.5 Å². The van der Waals surface area contributed by atoms with Gasteiger partial charge in [0.05, 0.1) is 6.61 Å². The molecule has 3 unspecified atom stereocenters. The van der Waals surface area contributed by atoms with Gasteiger partial charge in [-0.1, -0.05) is 13.3 Å². The van der Waals surface area contributed by atoms with Gasteiger partial charge in [0.2, 0.25) is 0 Å². The van der Waals surface area contributed by atoms with E-state index in [2.05, 4.69) is 12.3 Å². The molecule has 0 aromatic carbocycles. The summed E-state index contributed by atoms with van der Waals surface area (Å²) in [7, 11) is 1.72. The fourth-order valence-corrected chi connectivity index (χ4v) is 2.12. The molecule has 0 radical (unpaired) electrons. The standard InChI is InChI=1S/C9H20N2O/c1-7-3-4-8(5-7)9(11-10)6-12-2/h7-9,11H,3-6,10H2,1-2H3. The van der Waals surface area contributed by atoms with Gasteiger partial charge in [-0.2, -0.15) is 0 Å². The maximum atomic E-state index is 5.45. The maximum Gasteiger partial charge on any atom is 0.0632 e. The summed E-state index contributed by atoms with van der Waals surface area (Å²) in [6, 6.07) is 0.347. The highest BCUT2D eigenvalue weighted by Crippen LogP contribution is 2.32. The minimum absolute atomic E-state index is 0.347. The summed E-state index contributed by atoms with van der Waals surface area (Å²) in [5, 5.41) is 0. The highest BCUT2D eigenvalue weighted by molar-refractivity contribution is 4.81. The molecule has 1 rings (SSSR count). The van der Waals surface area contributed by atoms with Crippen LogP contribution in [-0.4, -0.2) is 19.8 Å². The highest BCUT2D eigenvalue weighted by atomic mass is 16.5. The average molecular weight is 172 g/mol. The van der Waals surface area contributed by atoms with Crippen LogP contribution >= 0.6 is 0 Å². The molecule has 0 saturated heterocycles. The van der Waals surface area contributed by atoms with E-state index in [-0.39, 0.29) is 0 Å². The van der Waals surface area contributed by atoms with Gasteiger partial charge in [0.1, 0.15) is 0 Å². The zero-order valence-electron chi connectivity index (χ0n) is 8.05. The molecule has 0 aliphatic heterocycles. The van der Waals surface area contributed by atoms with Crippen molar-refractivity contribution in [3.63, 3.8) is 0 Å². The third-order valence-corrected chi connectivity index (χ3v) is 2.86. The Balaban J connectivity index is 2.33. The van der Waals surface area contributed by atoms with Crippen LogP contribution in [-0.2, 0) is 4.74 Å². The Labute approximate surface area is 74.6 Å². The Morgan fingerprint density at radius 1 is 1.58 bits per heavy atom. The molecule has 1 fully saturated rings. The Morgan fingerprint density at radius 2 is 2.33 bits per heavy atom. The Kier molecular flexibility index (Phi) is 3.98. The highest BCUT2D eigenvalue weighted by Gasteiger charge is 2.27. The van der Waals surface area contributed by atoms with E-state index in [1.165, 1.54) is 19.3 Å². The van der Waals surface area contributed by atoms with Crippen LogP contribution in [0.25, 0.3) is 0 Å². The normalized spacial score (nSPS) is 32.2. The van der Waals surface area contributed by atoms with Crippen LogP contribution in [0.5, 0.6) is 0 Å². The molecule has 3 N–H and O–H groups in total. The summed E-state index contributed by atoms with van der Waals surface area (Å²) < 4.78 is 5.10. The van der Waals surface area contributed by atoms with Gasteiger partial charge < -0.3 is 4.74 Å². The number of nitrogens with one attached hydrogen (secondary N) is 1. The van der Waals surface area contributed by atoms with E-state index < -0.39 is 0 Å². The summed E-state index contributed by atoms with van der Waals surface area (Å²) in [6.07, 6.45) is 3.92. The van der Waals surface area contributed by atoms with E-state index in [1.54, 1.807) is 7.11 Å². The molecule has 0 aromatic rings. The van der Waals surface area contributed by atoms with E-state index >= 15 is 0 Å².